The Morgan fingerprint density at radius 2 is 1.74 bits per heavy atom. The van der Waals surface area contributed by atoms with Crippen LogP contribution < -0.4 is 20.2 Å². The van der Waals surface area contributed by atoms with E-state index in [1.54, 1.807) is 30.3 Å². The number of hydrogen-bond acceptors (Lipinski definition) is 6. The molecule has 3 aromatic rings. The van der Waals surface area contributed by atoms with Gasteiger partial charge in [-0.05, 0) is 41.5 Å². The fraction of sp³-hybridized carbons (Fsp3) is 0.125. The third-order valence-corrected chi connectivity index (χ3v) is 4.50. The first-order valence-electron chi connectivity index (χ1n) is 9.57. The van der Waals surface area contributed by atoms with Gasteiger partial charge in [0.05, 0.1) is 12.2 Å². The largest absolute Gasteiger partial charge is 0.545 e. The number of nitrogens with zero attached hydrogens (tertiary/aromatic N) is 2. The summed E-state index contributed by atoms with van der Waals surface area (Å²) in [4.78, 5) is 25.1. The van der Waals surface area contributed by atoms with Crippen molar-refractivity contribution in [1.82, 2.24) is 5.43 Å². The number of rotatable bonds is 8. The van der Waals surface area contributed by atoms with Crippen LogP contribution in [-0.2, 0) is 6.61 Å². The molecule has 1 N–H and O–H groups in total. The average Bonchev–Trinajstić information content (AvgIpc) is 2.78. The van der Waals surface area contributed by atoms with Crippen LogP contribution in [-0.4, -0.2) is 32.2 Å². The first kappa shape index (κ1) is 21.6. The Kier molecular flexibility index (Phi) is 7.01. The third kappa shape index (κ3) is 5.93. The summed E-state index contributed by atoms with van der Waals surface area (Å²) >= 11 is 0. The molecule has 0 bridgehead atoms. The number of aromatic carboxylic acids is 1. The van der Waals surface area contributed by atoms with Gasteiger partial charge in [0.15, 0.2) is 0 Å². The number of carbonyl (C=O) groups is 2. The number of hydrogen-bond donors (Lipinski definition) is 1. The van der Waals surface area contributed by atoms with E-state index >= 15 is 0 Å². The zero-order valence-electron chi connectivity index (χ0n) is 17.2. The highest BCUT2D eigenvalue weighted by Gasteiger charge is 2.07. The number of nitrogens with one attached hydrogen (secondary N) is 1. The Hall–Kier alpha value is -4.13. The molecular weight excluding hydrogens is 394 g/mol. The first-order valence-corrected chi connectivity index (χ1v) is 9.57. The molecule has 158 valence electrons. The summed E-state index contributed by atoms with van der Waals surface area (Å²) in [5.74, 6) is -0.949. The van der Waals surface area contributed by atoms with E-state index in [1.165, 1.54) is 18.3 Å². The highest BCUT2D eigenvalue weighted by atomic mass is 16.5. The van der Waals surface area contributed by atoms with E-state index in [-0.39, 0.29) is 18.1 Å². The van der Waals surface area contributed by atoms with Gasteiger partial charge in [-0.15, -0.1) is 0 Å². The molecule has 0 spiro atoms. The average molecular weight is 416 g/mol. The third-order valence-electron chi connectivity index (χ3n) is 4.50. The molecule has 0 heterocycles. The lowest BCUT2D eigenvalue weighted by Gasteiger charge is -2.13. The summed E-state index contributed by atoms with van der Waals surface area (Å²) < 4.78 is 5.84. The zero-order valence-corrected chi connectivity index (χ0v) is 17.2. The number of benzene rings is 3. The number of carboxylic acids is 1. The van der Waals surface area contributed by atoms with Gasteiger partial charge in [-0.2, -0.15) is 5.10 Å². The number of anilines is 1. The van der Waals surface area contributed by atoms with Crippen molar-refractivity contribution in [2.24, 2.45) is 5.10 Å². The summed E-state index contributed by atoms with van der Waals surface area (Å²) in [5, 5.41) is 14.9. The molecule has 0 saturated carbocycles. The second-order valence-corrected chi connectivity index (χ2v) is 6.95. The number of carbonyl (C=O) groups excluding carboxylic acids is 2. The van der Waals surface area contributed by atoms with E-state index in [1.807, 2.05) is 49.3 Å². The van der Waals surface area contributed by atoms with Crippen LogP contribution in [0.2, 0.25) is 0 Å². The van der Waals surface area contributed by atoms with Crippen LogP contribution in [0.1, 0.15) is 31.8 Å². The Labute approximate surface area is 180 Å². The lowest BCUT2D eigenvalue weighted by Crippen LogP contribution is -2.22. The maximum absolute atomic E-state index is 12.4. The van der Waals surface area contributed by atoms with Gasteiger partial charge in [0.2, 0.25) is 0 Å². The molecule has 0 radical (unpaired) electrons. The van der Waals surface area contributed by atoms with E-state index in [2.05, 4.69) is 10.5 Å². The van der Waals surface area contributed by atoms with Crippen molar-refractivity contribution >= 4 is 23.8 Å². The molecule has 0 aliphatic carbocycles. The first-order chi connectivity index (χ1) is 14.9. The molecule has 7 nitrogen and oxygen atoms in total. The van der Waals surface area contributed by atoms with E-state index in [4.69, 9.17) is 4.74 Å². The zero-order chi connectivity index (χ0) is 22.2. The highest BCUT2D eigenvalue weighted by molar-refractivity contribution is 5.96. The second-order valence-electron chi connectivity index (χ2n) is 6.95. The molecule has 31 heavy (non-hydrogen) atoms. The van der Waals surface area contributed by atoms with Crippen LogP contribution in [0.15, 0.2) is 77.9 Å². The maximum atomic E-state index is 12.4. The molecule has 0 aromatic heterocycles. The molecule has 3 rings (SSSR count). The Morgan fingerprint density at radius 1 is 1.00 bits per heavy atom. The number of para-hydroxylation sites is 1. The molecule has 3 aromatic carbocycles. The van der Waals surface area contributed by atoms with Gasteiger partial charge in [0.25, 0.3) is 5.91 Å². The van der Waals surface area contributed by atoms with Gasteiger partial charge in [-0.25, -0.2) is 5.43 Å². The highest BCUT2D eigenvalue weighted by Crippen LogP contribution is 2.18. The smallest absolute Gasteiger partial charge is 0.271 e. The quantitative estimate of drug-likeness (QED) is 0.450. The summed E-state index contributed by atoms with van der Waals surface area (Å²) in [6.45, 7) is 0.252. The lowest BCUT2D eigenvalue weighted by molar-refractivity contribution is -0.255. The minimum Gasteiger partial charge on any atom is -0.545 e. The van der Waals surface area contributed by atoms with Crippen LogP contribution in [0.3, 0.4) is 0 Å². The van der Waals surface area contributed by atoms with E-state index in [0.717, 1.165) is 11.3 Å². The topological polar surface area (TPSA) is 94.1 Å². The van der Waals surface area contributed by atoms with Gasteiger partial charge in [-0.1, -0.05) is 42.5 Å². The number of amides is 1. The van der Waals surface area contributed by atoms with Crippen molar-refractivity contribution in [2.45, 2.75) is 6.61 Å². The minimum absolute atomic E-state index is 0.114. The van der Waals surface area contributed by atoms with E-state index < -0.39 is 5.97 Å². The van der Waals surface area contributed by atoms with Crippen LogP contribution in [0, 0.1) is 0 Å². The van der Waals surface area contributed by atoms with Crippen molar-refractivity contribution < 1.29 is 19.4 Å². The summed E-state index contributed by atoms with van der Waals surface area (Å²) in [6, 6.07) is 20.8. The fourth-order valence-corrected chi connectivity index (χ4v) is 2.77. The van der Waals surface area contributed by atoms with Crippen molar-refractivity contribution in [1.29, 1.82) is 0 Å². The predicted molar refractivity (Wildman–Crippen MR) is 117 cm³/mol. The van der Waals surface area contributed by atoms with Crippen molar-refractivity contribution in [3.05, 3.63) is 95.1 Å². The Balaban J connectivity index is 1.63. The number of hydrazone groups is 1. The van der Waals surface area contributed by atoms with E-state index in [9.17, 15) is 14.7 Å². The predicted octanol–water partition coefficient (Wildman–Crippen LogP) is 2.46. The van der Waals surface area contributed by atoms with Crippen LogP contribution in [0.5, 0.6) is 5.75 Å². The Morgan fingerprint density at radius 3 is 2.45 bits per heavy atom. The monoisotopic (exact) mass is 416 g/mol. The fourth-order valence-electron chi connectivity index (χ4n) is 2.77. The van der Waals surface area contributed by atoms with Gasteiger partial charge in [0, 0.05) is 30.9 Å². The van der Waals surface area contributed by atoms with Crippen molar-refractivity contribution in [3.63, 3.8) is 0 Å². The molecule has 0 saturated heterocycles. The molecule has 7 heteroatoms. The second kappa shape index (κ2) is 10.1. The molecule has 0 aliphatic heterocycles. The molecule has 0 fully saturated rings. The normalized spacial score (nSPS) is 10.6. The number of carboxylic acid groups (broad SMARTS) is 1. The summed E-state index contributed by atoms with van der Waals surface area (Å²) in [5.41, 5.74) is 5.57. The Bertz CT molecular complexity index is 1090. The van der Waals surface area contributed by atoms with Gasteiger partial charge < -0.3 is 19.5 Å². The number of ether oxygens (including phenoxy) is 1. The SMILES string of the molecule is CN(C)c1cccc(C(=O)N/N=C\c2ccccc2OCc2ccc(C(=O)[O-])cc2)c1. The molecular formula is C24H22N3O4-. The minimum atomic E-state index is -1.22. The van der Waals surface area contributed by atoms with Gasteiger partial charge in [-0.3, -0.25) is 4.79 Å². The molecule has 0 unspecified atom stereocenters. The summed E-state index contributed by atoms with van der Waals surface area (Å²) in [6.07, 6.45) is 1.52. The summed E-state index contributed by atoms with van der Waals surface area (Å²) in [7, 11) is 3.81. The van der Waals surface area contributed by atoms with E-state index in [0.29, 0.717) is 16.9 Å². The molecule has 0 aliphatic rings. The maximum Gasteiger partial charge on any atom is 0.271 e. The van der Waals surface area contributed by atoms with Crippen molar-refractivity contribution in [2.75, 3.05) is 19.0 Å². The molecule has 0 atom stereocenters. The van der Waals surface area contributed by atoms with Gasteiger partial charge >= 0.3 is 0 Å². The standard InChI is InChI=1S/C24H23N3O4/c1-27(2)21-8-5-7-19(14-21)23(28)26-25-15-20-6-3-4-9-22(20)31-16-17-10-12-18(13-11-17)24(29)30/h3-15H,16H2,1-2H3,(H,26,28)(H,29,30)/p-1/b25-15-. The molecule has 1 amide bonds. The van der Waals surface area contributed by atoms with Crippen molar-refractivity contribution in [3.8, 4) is 5.75 Å². The lowest BCUT2D eigenvalue weighted by atomic mass is 10.1. The van der Waals surface area contributed by atoms with Gasteiger partial charge in [0.1, 0.15) is 12.4 Å². The van der Waals surface area contributed by atoms with Crippen LogP contribution in [0.4, 0.5) is 5.69 Å². The van der Waals surface area contributed by atoms with Crippen LogP contribution in [0.25, 0.3) is 0 Å². The van der Waals surface area contributed by atoms with Crippen LogP contribution >= 0.6 is 0 Å².